The second-order valence-electron chi connectivity index (χ2n) is 3.50. The van der Waals surface area contributed by atoms with Crippen LogP contribution >= 0.6 is 0 Å². The molecule has 17 heavy (non-hydrogen) atoms. The first-order valence-electron chi connectivity index (χ1n) is 5.04. The van der Waals surface area contributed by atoms with Crippen LogP contribution in [-0.2, 0) is 13.5 Å². The van der Waals surface area contributed by atoms with Gasteiger partial charge in [-0.15, -0.1) is 0 Å². The van der Waals surface area contributed by atoms with Crippen LogP contribution in [0.4, 0.5) is 14.6 Å². The molecule has 7 heteroatoms. The summed E-state index contributed by atoms with van der Waals surface area (Å²) in [4.78, 5) is 7.63. The summed E-state index contributed by atoms with van der Waals surface area (Å²) < 4.78 is 27.4. The van der Waals surface area contributed by atoms with Gasteiger partial charge in [-0.25, -0.2) is 18.7 Å². The Labute approximate surface area is 96.5 Å². The molecule has 2 aromatic heterocycles. The smallest absolute Gasteiger partial charge is 0.168 e. The molecule has 0 spiro atoms. The number of hydrogen-bond acceptors (Lipinski definition) is 4. The van der Waals surface area contributed by atoms with Crippen LogP contribution in [0.2, 0.25) is 0 Å². The van der Waals surface area contributed by atoms with Crippen molar-refractivity contribution in [3.8, 4) is 0 Å². The SMILES string of the molecule is Cn1cnc(CCNc2ncc(F)cc2F)n1. The lowest BCUT2D eigenvalue weighted by Gasteiger charge is -2.04. The van der Waals surface area contributed by atoms with Crippen molar-refractivity contribution in [3.05, 3.63) is 36.0 Å². The molecule has 0 bridgehead atoms. The fourth-order valence-corrected chi connectivity index (χ4v) is 1.34. The van der Waals surface area contributed by atoms with E-state index in [1.54, 1.807) is 18.1 Å². The van der Waals surface area contributed by atoms with E-state index in [9.17, 15) is 8.78 Å². The minimum Gasteiger partial charge on any atom is -0.367 e. The first kappa shape index (κ1) is 11.4. The van der Waals surface area contributed by atoms with Crippen LogP contribution in [0.15, 0.2) is 18.6 Å². The van der Waals surface area contributed by atoms with Gasteiger partial charge in [0.2, 0.25) is 0 Å². The van der Waals surface area contributed by atoms with Crippen molar-refractivity contribution in [2.24, 2.45) is 7.05 Å². The molecular formula is C10H11F2N5. The zero-order valence-electron chi connectivity index (χ0n) is 9.19. The van der Waals surface area contributed by atoms with E-state index in [0.717, 1.165) is 12.3 Å². The molecule has 2 rings (SSSR count). The average molecular weight is 239 g/mol. The Bertz CT molecular complexity index is 511. The van der Waals surface area contributed by atoms with E-state index >= 15 is 0 Å². The molecule has 0 amide bonds. The summed E-state index contributed by atoms with van der Waals surface area (Å²) in [5.74, 6) is -0.719. The minimum absolute atomic E-state index is 0.0299. The van der Waals surface area contributed by atoms with Gasteiger partial charge in [0.25, 0.3) is 0 Å². The van der Waals surface area contributed by atoms with Gasteiger partial charge >= 0.3 is 0 Å². The molecule has 5 nitrogen and oxygen atoms in total. The Hall–Kier alpha value is -2.05. The average Bonchev–Trinajstić information content (AvgIpc) is 2.68. The Kier molecular flexibility index (Phi) is 3.27. The highest BCUT2D eigenvalue weighted by atomic mass is 19.1. The van der Waals surface area contributed by atoms with Crippen molar-refractivity contribution in [2.75, 3.05) is 11.9 Å². The molecule has 2 heterocycles. The van der Waals surface area contributed by atoms with Gasteiger partial charge in [0.1, 0.15) is 12.1 Å². The van der Waals surface area contributed by atoms with E-state index in [1.165, 1.54) is 0 Å². The Morgan fingerprint density at radius 3 is 2.82 bits per heavy atom. The number of nitrogens with one attached hydrogen (secondary N) is 1. The molecule has 0 aliphatic heterocycles. The van der Waals surface area contributed by atoms with Gasteiger partial charge in [-0.1, -0.05) is 0 Å². The number of nitrogens with zero attached hydrogens (tertiary/aromatic N) is 4. The molecule has 0 saturated heterocycles. The van der Waals surface area contributed by atoms with Crippen molar-refractivity contribution in [1.82, 2.24) is 19.7 Å². The number of aromatic nitrogens is 4. The van der Waals surface area contributed by atoms with Crippen molar-refractivity contribution in [3.63, 3.8) is 0 Å². The minimum atomic E-state index is -0.709. The number of rotatable bonds is 4. The normalized spacial score (nSPS) is 10.5. The fraction of sp³-hybridized carbons (Fsp3) is 0.300. The Balaban J connectivity index is 1.90. The number of halogens is 2. The van der Waals surface area contributed by atoms with Crippen LogP contribution in [0.25, 0.3) is 0 Å². The molecule has 0 aliphatic rings. The molecule has 0 atom stereocenters. The van der Waals surface area contributed by atoms with E-state index in [2.05, 4.69) is 20.4 Å². The van der Waals surface area contributed by atoms with Crippen LogP contribution in [0.3, 0.4) is 0 Å². The highest BCUT2D eigenvalue weighted by Gasteiger charge is 2.05. The standard InChI is InChI=1S/C10H11F2N5/c1-17-6-15-9(16-17)2-3-13-10-8(12)4-7(11)5-14-10/h4-6H,2-3H2,1H3,(H,13,14). The molecule has 0 aromatic carbocycles. The summed E-state index contributed by atoms with van der Waals surface area (Å²) in [5, 5.41) is 6.83. The number of hydrogen-bond donors (Lipinski definition) is 1. The van der Waals surface area contributed by atoms with Crippen LogP contribution in [0.1, 0.15) is 5.82 Å². The summed E-state index contributed by atoms with van der Waals surface area (Å²) in [5.41, 5.74) is 0. The van der Waals surface area contributed by atoms with Crippen molar-refractivity contribution < 1.29 is 8.78 Å². The summed E-state index contributed by atoms with van der Waals surface area (Å²) in [6, 6.07) is 0.786. The molecule has 0 saturated carbocycles. The third kappa shape index (κ3) is 2.96. The first-order chi connectivity index (χ1) is 8.15. The predicted octanol–water partition coefficient (Wildman–Crippen LogP) is 1.14. The summed E-state index contributed by atoms with van der Waals surface area (Å²) in [6.45, 7) is 0.430. The number of anilines is 1. The van der Waals surface area contributed by atoms with Gasteiger partial charge in [0, 0.05) is 26.1 Å². The van der Waals surface area contributed by atoms with Gasteiger partial charge in [-0.2, -0.15) is 5.10 Å². The van der Waals surface area contributed by atoms with Crippen LogP contribution in [0, 0.1) is 11.6 Å². The molecule has 90 valence electrons. The molecular weight excluding hydrogens is 228 g/mol. The van der Waals surface area contributed by atoms with Gasteiger partial charge in [-0.05, 0) is 0 Å². The first-order valence-corrected chi connectivity index (χ1v) is 5.04. The number of aryl methyl sites for hydroxylation is 1. The molecule has 0 fully saturated rings. The topological polar surface area (TPSA) is 55.6 Å². The van der Waals surface area contributed by atoms with E-state index in [0.29, 0.717) is 18.8 Å². The molecule has 1 N–H and O–H groups in total. The Morgan fingerprint density at radius 2 is 2.18 bits per heavy atom. The lowest BCUT2D eigenvalue weighted by atomic mass is 10.4. The zero-order chi connectivity index (χ0) is 12.3. The van der Waals surface area contributed by atoms with E-state index in [4.69, 9.17) is 0 Å². The number of pyridine rings is 1. The summed E-state index contributed by atoms with van der Waals surface area (Å²) in [6.07, 6.45) is 3.09. The second kappa shape index (κ2) is 4.86. The third-order valence-corrected chi connectivity index (χ3v) is 2.10. The largest absolute Gasteiger partial charge is 0.367 e. The van der Waals surface area contributed by atoms with Crippen LogP contribution in [-0.4, -0.2) is 26.3 Å². The van der Waals surface area contributed by atoms with Gasteiger partial charge < -0.3 is 5.32 Å². The molecule has 0 aliphatic carbocycles. The van der Waals surface area contributed by atoms with Gasteiger partial charge in [-0.3, -0.25) is 4.68 Å². The highest BCUT2D eigenvalue weighted by molar-refractivity contribution is 5.35. The monoisotopic (exact) mass is 239 g/mol. The fourth-order valence-electron chi connectivity index (χ4n) is 1.34. The quantitative estimate of drug-likeness (QED) is 0.869. The highest BCUT2D eigenvalue weighted by Crippen LogP contribution is 2.10. The summed E-state index contributed by atoms with van der Waals surface area (Å²) in [7, 11) is 1.77. The van der Waals surface area contributed by atoms with Gasteiger partial charge in [0.15, 0.2) is 17.5 Å². The van der Waals surface area contributed by atoms with E-state index < -0.39 is 11.6 Å². The van der Waals surface area contributed by atoms with E-state index in [-0.39, 0.29) is 5.82 Å². The lowest BCUT2D eigenvalue weighted by Crippen LogP contribution is -2.09. The van der Waals surface area contributed by atoms with Crippen molar-refractivity contribution in [2.45, 2.75) is 6.42 Å². The maximum absolute atomic E-state index is 13.2. The zero-order valence-corrected chi connectivity index (χ0v) is 9.19. The van der Waals surface area contributed by atoms with Gasteiger partial charge in [0.05, 0.1) is 6.20 Å². The second-order valence-corrected chi connectivity index (χ2v) is 3.50. The van der Waals surface area contributed by atoms with Crippen molar-refractivity contribution in [1.29, 1.82) is 0 Å². The van der Waals surface area contributed by atoms with E-state index in [1.807, 2.05) is 0 Å². The predicted molar refractivity (Wildman–Crippen MR) is 57.3 cm³/mol. The third-order valence-electron chi connectivity index (χ3n) is 2.10. The molecule has 2 aromatic rings. The molecule has 0 radical (unpaired) electrons. The van der Waals surface area contributed by atoms with Crippen LogP contribution < -0.4 is 5.32 Å². The lowest BCUT2D eigenvalue weighted by molar-refractivity contribution is 0.575. The Morgan fingerprint density at radius 1 is 1.35 bits per heavy atom. The van der Waals surface area contributed by atoms with Crippen molar-refractivity contribution >= 4 is 5.82 Å². The maximum atomic E-state index is 13.2. The summed E-state index contributed by atoms with van der Waals surface area (Å²) >= 11 is 0. The van der Waals surface area contributed by atoms with Crippen LogP contribution in [0.5, 0.6) is 0 Å². The molecule has 0 unspecified atom stereocenters. The maximum Gasteiger partial charge on any atom is 0.168 e.